The fourth-order valence-corrected chi connectivity index (χ4v) is 4.67. The highest BCUT2D eigenvalue weighted by Crippen LogP contribution is 2.24. The topological polar surface area (TPSA) is 65.2 Å². The van der Waals surface area contributed by atoms with E-state index in [9.17, 15) is 4.79 Å². The van der Waals surface area contributed by atoms with Gasteiger partial charge in [0.15, 0.2) is 5.96 Å². The van der Waals surface area contributed by atoms with Crippen molar-refractivity contribution in [2.45, 2.75) is 13.0 Å². The number of hydrogen-bond acceptors (Lipinski definition) is 4. The summed E-state index contributed by atoms with van der Waals surface area (Å²) in [6.45, 7) is 4.86. The molecule has 2 aromatic rings. The fourth-order valence-electron chi connectivity index (χ4n) is 3.66. The van der Waals surface area contributed by atoms with Gasteiger partial charge in [-0.15, -0.1) is 35.3 Å². The number of amides is 1. The van der Waals surface area contributed by atoms with Gasteiger partial charge < -0.3 is 20.4 Å². The van der Waals surface area contributed by atoms with Crippen molar-refractivity contribution in [3.8, 4) is 0 Å². The molecule has 3 heterocycles. The van der Waals surface area contributed by atoms with Crippen LogP contribution in [0, 0.1) is 0 Å². The molecule has 1 amide bonds. The summed E-state index contributed by atoms with van der Waals surface area (Å²) in [5.41, 5.74) is 8.58. The highest BCUT2D eigenvalue weighted by atomic mass is 127. The number of nitrogens with two attached hydrogens (primary N) is 1. The average Bonchev–Trinajstić information content (AvgIpc) is 3.20. The number of hydrogen-bond donors (Lipinski definition) is 1. The van der Waals surface area contributed by atoms with Crippen LogP contribution in [0.3, 0.4) is 0 Å². The lowest BCUT2D eigenvalue weighted by Crippen LogP contribution is -2.51. The second-order valence-corrected chi connectivity index (χ2v) is 8.50. The molecule has 6 nitrogen and oxygen atoms in total. The first-order chi connectivity index (χ1) is 13.6. The Morgan fingerprint density at radius 2 is 1.79 bits per heavy atom. The Balaban J connectivity index is 0.00000240. The van der Waals surface area contributed by atoms with Crippen molar-refractivity contribution in [2.24, 2.45) is 10.7 Å². The first kappa shape index (κ1) is 22.2. The number of halogens is 2. The molecule has 0 spiro atoms. The van der Waals surface area contributed by atoms with Crippen molar-refractivity contribution >= 4 is 64.5 Å². The second kappa shape index (κ2) is 9.99. The quantitative estimate of drug-likeness (QED) is 0.366. The van der Waals surface area contributed by atoms with Gasteiger partial charge in [0.05, 0.1) is 0 Å². The number of fused-ring (bicyclic) bond motifs is 1. The van der Waals surface area contributed by atoms with Gasteiger partial charge in [-0.3, -0.25) is 4.79 Å². The van der Waals surface area contributed by atoms with Crippen LogP contribution < -0.4 is 10.6 Å². The molecule has 0 saturated carbocycles. The summed E-state index contributed by atoms with van der Waals surface area (Å²) in [5.74, 6) is 0.497. The molecule has 156 valence electrons. The van der Waals surface area contributed by atoms with Crippen LogP contribution in [0.4, 0.5) is 5.69 Å². The van der Waals surface area contributed by atoms with Crippen molar-refractivity contribution in [3.63, 3.8) is 0 Å². The summed E-state index contributed by atoms with van der Waals surface area (Å²) < 4.78 is 0. The molecule has 9 heteroatoms. The molecule has 0 bridgehead atoms. The van der Waals surface area contributed by atoms with Gasteiger partial charge in [-0.05, 0) is 47.7 Å². The smallest absolute Gasteiger partial charge is 0.244 e. The van der Waals surface area contributed by atoms with E-state index in [-0.39, 0.29) is 36.4 Å². The van der Waals surface area contributed by atoms with Gasteiger partial charge in [0.25, 0.3) is 0 Å². The average molecular weight is 546 g/mol. The molecule has 0 aliphatic carbocycles. The van der Waals surface area contributed by atoms with Crippen LogP contribution in [0.2, 0.25) is 5.02 Å². The third kappa shape index (κ3) is 5.35. The monoisotopic (exact) mass is 545 g/mol. The maximum atomic E-state index is 12.5. The summed E-state index contributed by atoms with van der Waals surface area (Å²) in [7, 11) is 0. The number of guanidine groups is 1. The second-order valence-electron chi connectivity index (χ2n) is 7.06. The van der Waals surface area contributed by atoms with Gasteiger partial charge in [0.1, 0.15) is 6.54 Å². The summed E-state index contributed by atoms with van der Waals surface area (Å²) in [6.07, 6.45) is 0.935. The number of benzene rings is 1. The van der Waals surface area contributed by atoms with Crippen molar-refractivity contribution in [3.05, 3.63) is 51.2 Å². The van der Waals surface area contributed by atoms with Gasteiger partial charge in [-0.2, -0.15) is 0 Å². The maximum Gasteiger partial charge on any atom is 0.244 e. The van der Waals surface area contributed by atoms with E-state index in [2.05, 4.69) is 21.3 Å². The molecule has 1 saturated heterocycles. The minimum Gasteiger partial charge on any atom is -0.370 e. The van der Waals surface area contributed by atoms with Crippen LogP contribution in [0.25, 0.3) is 0 Å². The number of rotatable bonds is 3. The van der Waals surface area contributed by atoms with E-state index in [4.69, 9.17) is 17.3 Å². The Morgan fingerprint density at radius 1 is 1.07 bits per heavy atom. The number of piperazine rings is 1. The van der Waals surface area contributed by atoms with Crippen LogP contribution in [0.15, 0.2) is 40.7 Å². The summed E-state index contributed by atoms with van der Waals surface area (Å²) in [5, 5.41) is 2.84. The molecule has 29 heavy (non-hydrogen) atoms. The number of anilines is 1. The van der Waals surface area contributed by atoms with Crippen LogP contribution >= 0.6 is 46.9 Å². The van der Waals surface area contributed by atoms with Crippen molar-refractivity contribution in [1.29, 1.82) is 0 Å². The predicted octanol–water partition coefficient (Wildman–Crippen LogP) is 3.04. The molecule has 0 atom stereocenters. The van der Waals surface area contributed by atoms with Gasteiger partial charge in [-0.1, -0.05) is 11.6 Å². The lowest BCUT2D eigenvalue weighted by atomic mass is 10.1. The van der Waals surface area contributed by atoms with Crippen molar-refractivity contribution < 1.29 is 4.79 Å². The number of carbonyl (C=O) groups excluding carboxylic acids is 1. The Kier molecular flexibility index (Phi) is 7.64. The fraction of sp³-hybridized carbons (Fsp3) is 0.400. The lowest BCUT2D eigenvalue weighted by Gasteiger charge is -2.36. The zero-order valence-corrected chi connectivity index (χ0v) is 20.0. The van der Waals surface area contributed by atoms with E-state index in [0.717, 1.165) is 49.9 Å². The van der Waals surface area contributed by atoms with E-state index >= 15 is 0 Å². The Morgan fingerprint density at radius 3 is 2.52 bits per heavy atom. The Hall–Kier alpha value is -1.52. The van der Waals surface area contributed by atoms with Crippen LogP contribution in [-0.4, -0.2) is 60.9 Å². The molecule has 2 aliphatic rings. The highest BCUT2D eigenvalue weighted by Gasteiger charge is 2.22. The summed E-state index contributed by atoms with van der Waals surface area (Å²) in [4.78, 5) is 24.5. The Bertz CT molecular complexity index is 864. The first-order valence-corrected chi connectivity index (χ1v) is 10.7. The summed E-state index contributed by atoms with van der Waals surface area (Å²) >= 11 is 7.73. The minimum absolute atomic E-state index is 0. The molecule has 1 aromatic carbocycles. The van der Waals surface area contributed by atoms with Crippen molar-refractivity contribution in [2.75, 3.05) is 44.2 Å². The largest absolute Gasteiger partial charge is 0.370 e. The SMILES string of the molecule is I.NC(=NCC(=O)N1CCc2sccc2C1)N1CCN(c2ccc(Cl)cc2)CC1. The molecule has 0 unspecified atom stereocenters. The number of aliphatic imine (C=N–C) groups is 1. The van der Waals surface area contributed by atoms with E-state index in [1.807, 2.05) is 34.1 Å². The highest BCUT2D eigenvalue weighted by molar-refractivity contribution is 14.0. The van der Waals surface area contributed by atoms with E-state index in [1.54, 1.807) is 11.3 Å². The minimum atomic E-state index is 0. The zero-order valence-electron chi connectivity index (χ0n) is 16.1. The summed E-state index contributed by atoms with van der Waals surface area (Å²) in [6, 6.07) is 9.99. The maximum absolute atomic E-state index is 12.5. The van der Waals surface area contributed by atoms with Gasteiger partial charge in [-0.25, -0.2) is 4.99 Å². The van der Waals surface area contributed by atoms with E-state index in [0.29, 0.717) is 12.5 Å². The molecular formula is C20H25ClIN5OS. The number of thiophene rings is 1. The third-order valence-corrected chi connectivity index (χ3v) is 6.61. The van der Waals surface area contributed by atoms with E-state index in [1.165, 1.54) is 10.4 Å². The van der Waals surface area contributed by atoms with Gasteiger partial charge >= 0.3 is 0 Å². The third-order valence-electron chi connectivity index (χ3n) is 5.33. The van der Waals surface area contributed by atoms with Crippen LogP contribution in [-0.2, 0) is 17.8 Å². The molecule has 2 N–H and O–H groups in total. The number of carbonyl (C=O) groups is 1. The molecule has 0 radical (unpaired) electrons. The zero-order chi connectivity index (χ0) is 19.5. The molecule has 1 aromatic heterocycles. The predicted molar refractivity (Wildman–Crippen MR) is 131 cm³/mol. The Labute approximate surface area is 197 Å². The van der Waals surface area contributed by atoms with Gasteiger partial charge in [0.2, 0.25) is 5.91 Å². The van der Waals surface area contributed by atoms with Gasteiger partial charge in [0, 0.05) is 54.9 Å². The normalized spacial score (nSPS) is 17.0. The molecule has 1 fully saturated rings. The molecule has 2 aliphatic heterocycles. The molecular weight excluding hydrogens is 521 g/mol. The van der Waals surface area contributed by atoms with E-state index < -0.39 is 0 Å². The standard InChI is InChI=1S/C20H24ClN5OS.HI/c21-16-1-3-17(4-2-16)24-8-10-25(11-9-24)20(22)23-13-19(27)26-7-5-18-15(14-26)6-12-28-18;/h1-4,6,12H,5,7-11,13-14H2,(H2,22,23);1H. The van der Waals surface area contributed by atoms with Crippen LogP contribution in [0.1, 0.15) is 10.4 Å². The first-order valence-electron chi connectivity index (χ1n) is 9.48. The lowest BCUT2D eigenvalue weighted by molar-refractivity contribution is -0.130. The number of nitrogens with zero attached hydrogens (tertiary/aromatic N) is 4. The van der Waals surface area contributed by atoms with Crippen molar-refractivity contribution in [1.82, 2.24) is 9.80 Å². The van der Waals surface area contributed by atoms with Crippen LogP contribution in [0.5, 0.6) is 0 Å². The molecule has 4 rings (SSSR count).